The van der Waals surface area contributed by atoms with Gasteiger partial charge in [0.1, 0.15) is 5.75 Å². The monoisotopic (exact) mass is 450 g/mol. The number of aromatic amines is 2. The van der Waals surface area contributed by atoms with E-state index in [1.54, 1.807) is 18.5 Å². The summed E-state index contributed by atoms with van der Waals surface area (Å²) in [7, 11) is 0. The van der Waals surface area contributed by atoms with Gasteiger partial charge in [-0.15, -0.1) is 0 Å². The molecule has 0 spiro atoms. The molecule has 0 aliphatic carbocycles. The first-order chi connectivity index (χ1) is 13.3. The van der Waals surface area contributed by atoms with Crippen molar-refractivity contribution in [3.8, 4) is 28.3 Å². The fraction of sp³-hybridized carbons (Fsp3) is 0.158. The number of fused-ring (bicyclic) bond motifs is 1. The Morgan fingerprint density at radius 2 is 1.86 bits per heavy atom. The van der Waals surface area contributed by atoms with E-state index in [0.717, 1.165) is 34.8 Å². The van der Waals surface area contributed by atoms with Crippen LogP contribution in [0.25, 0.3) is 33.5 Å². The number of halogens is 4. The maximum atomic E-state index is 12.7. The Bertz CT molecular complexity index is 1140. The van der Waals surface area contributed by atoms with Gasteiger partial charge in [-0.25, -0.2) is 4.98 Å². The van der Waals surface area contributed by atoms with Gasteiger partial charge in [-0.05, 0) is 59.3 Å². The topological polar surface area (TPSA) is 66.6 Å². The van der Waals surface area contributed by atoms with E-state index in [4.69, 9.17) is 4.74 Å². The molecule has 0 aliphatic rings. The Kier molecular flexibility index (Phi) is 4.62. The van der Waals surface area contributed by atoms with Crippen LogP contribution in [0.3, 0.4) is 0 Å². The first-order valence-electron chi connectivity index (χ1n) is 8.33. The molecule has 1 unspecified atom stereocenters. The minimum atomic E-state index is -4.43. The van der Waals surface area contributed by atoms with Gasteiger partial charge >= 0.3 is 6.18 Å². The average molecular weight is 451 g/mol. The third kappa shape index (κ3) is 3.62. The molecule has 0 amide bonds. The van der Waals surface area contributed by atoms with Crippen molar-refractivity contribution in [1.29, 1.82) is 0 Å². The van der Waals surface area contributed by atoms with Gasteiger partial charge in [0.15, 0.2) is 6.10 Å². The van der Waals surface area contributed by atoms with Crippen molar-refractivity contribution in [1.82, 2.24) is 20.2 Å². The zero-order valence-corrected chi connectivity index (χ0v) is 16.1. The standard InChI is InChI=1S/C19H14BrF3N4O/c1-10(19(21,22)23)28-18-5-3-11(6-13(18)20)15-8-16(27-26-15)12-2-4-14-17(7-12)25-9-24-14/h2-10H,1H3,(H,24,25)(H,26,27). The van der Waals surface area contributed by atoms with Gasteiger partial charge in [0.05, 0.1) is 33.2 Å². The zero-order valence-electron chi connectivity index (χ0n) is 14.5. The summed E-state index contributed by atoms with van der Waals surface area (Å²) in [6, 6.07) is 12.5. The van der Waals surface area contributed by atoms with Gasteiger partial charge in [0.2, 0.25) is 0 Å². The summed E-state index contributed by atoms with van der Waals surface area (Å²) in [5.41, 5.74) is 4.94. The van der Waals surface area contributed by atoms with Crippen molar-refractivity contribution in [3.05, 3.63) is 53.3 Å². The van der Waals surface area contributed by atoms with Crippen molar-refractivity contribution in [2.75, 3.05) is 0 Å². The molecule has 144 valence electrons. The Morgan fingerprint density at radius 3 is 2.61 bits per heavy atom. The summed E-state index contributed by atoms with van der Waals surface area (Å²) in [5, 5.41) is 7.29. The predicted octanol–water partition coefficient (Wildman–Crippen LogP) is 5.71. The molecule has 9 heteroatoms. The third-order valence-electron chi connectivity index (χ3n) is 4.30. The van der Waals surface area contributed by atoms with E-state index in [9.17, 15) is 13.2 Å². The number of aromatic nitrogens is 4. The predicted molar refractivity (Wildman–Crippen MR) is 103 cm³/mol. The molecule has 0 saturated carbocycles. The first-order valence-corrected chi connectivity index (χ1v) is 9.13. The number of ether oxygens (including phenoxy) is 1. The lowest BCUT2D eigenvalue weighted by Gasteiger charge is -2.18. The largest absolute Gasteiger partial charge is 0.480 e. The fourth-order valence-electron chi connectivity index (χ4n) is 2.73. The molecule has 0 fully saturated rings. The lowest BCUT2D eigenvalue weighted by molar-refractivity contribution is -0.189. The summed E-state index contributed by atoms with van der Waals surface area (Å²) in [6.07, 6.45) is -4.69. The van der Waals surface area contributed by atoms with Gasteiger partial charge in [-0.2, -0.15) is 18.3 Å². The number of rotatable bonds is 4. The van der Waals surface area contributed by atoms with Crippen molar-refractivity contribution in [2.24, 2.45) is 0 Å². The Labute approximate surface area is 166 Å². The molecule has 2 N–H and O–H groups in total. The van der Waals surface area contributed by atoms with E-state index in [1.165, 1.54) is 6.07 Å². The summed E-state index contributed by atoms with van der Waals surface area (Å²) < 4.78 is 43.5. The van der Waals surface area contributed by atoms with Crippen molar-refractivity contribution >= 4 is 27.0 Å². The number of nitrogens with one attached hydrogen (secondary N) is 2. The molecular weight excluding hydrogens is 437 g/mol. The van der Waals surface area contributed by atoms with Crippen LogP contribution in [0, 0.1) is 0 Å². The highest BCUT2D eigenvalue weighted by atomic mass is 79.9. The molecule has 0 aliphatic heterocycles. The normalized spacial score (nSPS) is 13.0. The second kappa shape index (κ2) is 6.97. The van der Waals surface area contributed by atoms with Crippen LogP contribution >= 0.6 is 15.9 Å². The smallest absolute Gasteiger partial charge is 0.425 e. The number of nitrogens with zero attached hydrogens (tertiary/aromatic N) is 2. The molecule has 0 bridgehead atoms. The Balaban J connectivity index is 1.59. The summed E-state index contributed by atoms with van der Waals surface area (Å²) in [5.74, 6) is 0.119. The average Bonchev–Trinajstić information content (AvgIpc) is 3.31. The number of benzene rings is 2. The summed E-state index contributed by atoms with van der Waals surface area (Å²) >= 11 is 3.27. The Morgan fingerprint density at radius 1 is 1.07 bits per heavy atom. The lowest BCUT2D eigenvalue weighted by Crippen LogP contribution is -2.31. The molecule has 2 aromatic heterocycles. The minimum absolute atomic E-state index is 0.119. The zero-order chi connectivity index (χ0) is 19.9. The molecule has 4 aromatic rings. The van der Waals surface area contributed by atoms with E-state index < -0.39 is 12.3 Å². The van der Waals surface area contributed by atoms with Crippen LogP contribution in [0.5, 0.6) is 5.75 Å². The van der Waals surface area contributed by atoms with Crippen LogP contribution in [0.1, 0.15) is 6.92 Å². The molecule has 28 heavy (non-hydrogen) atoms. The lowest BCUT2D eigenvalue weighted by atomic mass is 10.1. The molecule has 0 saturated heterocycles. The quantitative estimate of drug-likeness (QED) is 0.418. The highest BCUT2D eigenvalue weighted by Crippen LogP contribution is 2.34. The van der Waals surface area contributed by atoms with Crippen LogP contribution < -0.4 is 4.74 Å². The SMILES string of the molecule is CC(Oc1ccc(-c2cc(-c3ccc4nc[nH]c4c3)[nH]n2)cc1Br)C(F)(F)F. The van der Waals surface area contributed by atoms with Crippen LogP contribution in [0.4, 0.5) is 13.2 Å². The van der Waals surface area contributed by atoms with Crippen LogP contribution in [0.15, 0.2) is 53.3 Å². The number of hydrogen-bond donors (Lipinski definition) is 2. The van der Waals surface area contributed by atoms with Crippen molar-refractivity contribution < 1.29 is 17.9 Å². The molecule has 5 nitrogen and oxygen atoms in total. The third-order valence-corrected chi connectivity index (χ3v) is 4.92. The van der Waals surface area contributed by atoms with Crippen LogP contribution in [-0.4, -0.2) is 32.4 Å². The Hall–Kier alpha value is -2.81. The number of alkyl halides is 3. The van der Waals surface area contributed by atoms with Gasteiger partial charge in [0, 0.05) is 11.1 Å². The molecule has 4 rings (SSSR count). The first kappa shape index (κ1) is 18.5. The van der Waals surface area contributed by atoms with Gasteiger partial charge in [-0.3, -0.25) is 5.10 Å². The van der Waals surface area contributed by atoms with Gasteiger partial charge < -0.3 is 9.72 Å². The molecule has 2 heterocycles. The van der Waals surface area contributed by atoms with Crippen LogP contribution in [-0.2, 0) is 0 Å². The molecule has 0 radical (unpaired) electrons. The molecule has 2 aromatic carbocycles. The van der Waals surface area contributed by atoms with E-state index in [0.29, 0.717) is 10.2 Å². The second-order valence-electron chi connectivity index (χ2n) is 6.25. The maximum Gasteiger partial charge on any atom is 0.425 e. The van der Waals surface area contributed by atoms with E-state index in [2.05, 4.69) is 36.1 Å². The summed E-state index contributed by atoms with van der Waals surface area (Å²) in [6.45, 7) is 0.969. The maximum absolute atomic E-state index is 12.7. The highest BCUT2D eigenvalue weighted by Gasteiger charge is 2.38. The highest BCUT2D eigenvalue weighted by molar-refractivity contribution is 9.10. The van der Waals surface area contributed by atoms with Crippen molar-refractivity contribution in [2.45, 2.75) is 19.2 Å². The minimum Gasteiger partial charge on any atom is -0.480 e. The summed E-state index contributed by atoms with van der Waals surface area (Å²) in [4.78, 5) is 7.25. The number of hydrogen-bond acceptors (Lipinski definition) is 3. The van der Waals surface area contributed by atoms with E-state index in [1.807, 2.05) is 24.3 Å². The fourth-order valence-corrected chi connectivity index (χ4v) is 3.21. The number of H-pyrrole nitrogens is 2. The molecule has 1 atom stereocenters. The van der Waals surface area contributed by atoms with Gasteiger partial charge in [0.25, 0.3) is 0 Å². The second-order valence-corrected chi connectivity index (χ2v) is 7.10. The van der Waals surface area contributed by atoms with Crippen LogP contribution in [0.2, 0.25) is 0 Å². The van der Waals surface area contributed by atoms with Crippen molar-refractivity contribution in [3.63, 3.8) is 0 Å². The van der Waals surface area contributed by atoms with E-state index in [-0.39, 0.29) is 5.75 Å². The number of imidazole rings is 1. The molecular formula is C19H14BrF3N4O. The van der Waals surface area contributed by atoms with E-state index >= 15 is 0 Å². The van der Waals surface area contributed by atoms with Gasteiger partial charge in [-0.1, -0.05) is 6.07 Å².